The largest absolute Gasteiger partial charge is 0.353 e. The molecule has 3 aliphatic heterocycles. The first kappa shape index (κ1) is 24.3. The van der Waals surface area contributed by atoms with Crippen molar-refractivity contribution >= 4 is 22.6 Å². The molecule has 3 aliphatic rings. The molecule has 0 fully saturated rings. The number of aryl methyl sites for hydroxylation is 6. The second kappa shape index (κ2) is 8.92. The molecule has 0 spiro atoms. The number of aromatic amines is 2. The first-order valence-corrected chi connectivity index (χ1v) is 13.8. The van der Waals surface area contributed by atoms with Crippen molar-refractivity contribution in [3.8, 4) is 0 Å². The van der Waals surface area contributed by atoms with Crippen LogP contribution in [-0.4, -0.2) is 21.4 Å². The summed E-state index contributed by atoms with van der Waals surface area (Å²) in [7, 11) is 0. The number of nitrogens with one attached hydrogen (secondary N) is 2. The molecule has 0 amide bonds. The molecule has 0 saturated heterocycles. The van der Waals surface area contributed by atoms with Crippen molar-refractivity contribution in [3.05, 3.63) is 152 Å². The molecule has 4 heteroatoms. The number of rotatable bonds is 2. The maximum Gasteiger partial charge on any atom is 0.0872 e. The Hall–Kier alpha value is -4.70. The Morgan fingerprint density at radius 2 is 0.800 bits per heavy atom. The summed E-state index contributed by atoms with van der Waals surface area (Å²) in [4.78, 5) is 17.8. The van der Waals surface area contributed by atoms with E-state index in [2.05, 4.69) is 124 Å². The van der Waals surface area contributed by atoms with Gasteiger partial charge in [0.05, 0.1) is 34.2 Å². The minimum Gasteiger partial charge on any atom is -0.353 e. The molecule has 2 aromatic heterocycles. The molecule has 7 rings (SSSR count). The third kappa shape index (κ3) is 3.83. The Bertz CT molecular complexity index is 1750. The third-order valence-corrected chi connectivity index (χ3v) is 8.11. The maximum absolute atomic E-state index is 5.19. The Kier molecular flexibility index (Phi) is 5.43. The minimum absolute atomic E-state index is 0.929. The van der Waals surface area contributed by atoms with Crippen LogP contribution in [0.25, 0.3) is 11.1 Å². The molecule has 4 nitrogen and oxygen atoms in total. The van der Waals surface area contributed by atoms with E-state index in [1.165, 1.54) is 44.5 Å². The standard InChI is InChI=1S/C36H32N4/c1-19-15-21(3)33(22(4)16-19)35-29-11-7-25(37-29)27-9-13-31(39-27)36(34-23(5)17-20(2)18-24(34)6)32-14-10-28(40-32)26-8-12-30(35)38-26/h7-18,37,40H,1-6H3. The van der Waals surface area contributed by atoms with E-state index in [9.17, 15) is 0 Å². The molecular weight excluding hydrogens is 488 g/mol. The summed E-state index contributed by atoms with van der Waals surface area (Å²) < 4.78 is 0. The van der Waals surface area contributed by atoms with Gasteiger partial charge in [0.1, 0.15) is 0 Å². The first-order chi connectivity index (χ1) is 19.3. The highest BCUT2D eigenvalue weighted by molar-refractivity contribution is 6.13. The predicted molar refractivity (Wildman–Crippen MR) is 166 cm³/mol. The van der Waals surface area contributed by atoms with Gasteiger partial charge >= 0.3 is 0 Å². The van der Waals surface area contributed by atoms with Crippen LogP contribution in [0.5, 0.6) is 0 Å². The second-order valence-electron chi connectivity index (χ2n) is 11.3. The molecule has 2 aromatic carbocycles. The average molecular weight is 521 g/mol. The van der Waals surface area contributed by atoms with E-state index < -0.39 is 0 Å². The van der Waals surface area contributed by atoms with Crippen molar-refractivity contribution in [2.24, 2.45) is 9.98 Å². The van der Waals surface area contributed by atoms with E-state index in [1.807, 2.05) is 0 Å². The van der Waals surface area contributed by atoms with Gasteiger partial charge < -0.3 is 9.97 Å². The fraction of sp³-hybridized carbons (Fsp3) is 0.167. The summed E-state index contributed by atoms with van der Waals surface area (Å²) >= 11 is 0. The van der Waals surface area contributed by atoms with Gasteiger partial charge in [-0.2, -0.15) is 0 Å². The van der Waals surface area contributed by atoms with E-state index in [0.717, 1.165) is 56.7 Å². The second-order valence-corrected chi connectivity index (χ2v) is 11.3. The van der Waals surface area contributed by atoms with Gasteiger partial charge in [-0.1, -0.05) is 35.4 Å². The van der Waals surface area contributed by atoms with Crippen molar-refractivity contribution in [2.45, 2.75) is 41.5 Å². The van der Waals surface area contributed by atoms with Gasteiger partial charge in [0.2, 0.25) is 0 Å². The lowest BCUT2D eigenvalue weighted by atomic mass is 9.91. The zero-order chi connectivity index (χ0) is 27.7. The topological polar surface area (TPSA) is 56.3 Å². The zero-order valence-corrected chi connectivity index (χ0v) is 23.8. The summed E-state index contributed by atoms with van der Waals surface area (Å²) in [6, 6.07) is 17.6. The lowest BCUT2D eigenvalue weighted by Gasteiger charge is -2.16. The van der Waals surface area contributed by atoms with Crippen LogP contribution in [0.4, 0.5) is 0 Å². The molecule has 0 saturated carbocycles. The van der Waals surface area contributed by atoms with Crippen LogP contribution in [0.1, 0.15) is 67.3 Å². The molecule has 196 valence electrons. The lowest BCUT2D eigenvalue weighted by molar-refractivity contribution is 1.23. The number of benzene rings is 2. The molecule has 4 aromatic rings. The van der Waals surface area contributed by atoms with Gasteiger partial charge in [-0.15, -0.1) is 0 Å². The Morgan fingerprint density at radius 1 is 0.450 bits per heavy atom. The summed E-state index contributed by atoms with van der Waals surface area (Å²) in [6.07, 6.45) is 8.52. The van der Waals surface area contributed by atoms with Crippen molar-refractivity contribution in [3.63, 3.8) is 0 Å². The van der Waals surface area contributed by atoms with Crippen molar-refractivity contribution in [1.82, 2.24) is 9.97 Å². The Balaban J connectivity index is 1.51. The zero-order valence-electron chi connectivity index (χ0n) is 23.8. The van der Waals surface area contributed by atoms with Gasteiger partial charge in [-0.25, -0.2) is 9.98 Å². The van der Waals surface area contributed by atoms with E-state index in [-0.39, 0.29) is 0 Å². The molecule has 0 aliphatic carbocycles. The van der Waals surface area contributed by atoms with Crippen molar-refractivity contribution in [2.75, 3.05) is 0 Å². The van der Waals surface area contributed by atoms with Crippen LogP contribution in [0.2, 0.25) is 0 Å². The highest BCUT2D eigenvalue weighted by Gasteiger charge is 2.24. The van der Waals surface area contributed by atoms with Crippen LogP contribution in [0.15, 0.2) is 94.2 Å². The molecule has 5 heterocycles. The number of fused-ring (bicyclic) bond motifs is 8. The number of hydrogen-bond donors (Lipinski definition) is 2. The van der Waals surface area contributed by atoms with Gasteiger partial charge in [0, 0.05) is 22.5 Å². The molecule has 0 radical (unpaired) electrons. The van der Waals surface area contributed by atoms with Crippen LogP contribution >= 0.6 is 0 Å². The molecular formula is C36H32N4. The monoisotopic (exact) mass is 520 g/mol. The van der Waals surface area contributed by atoms with E-state index in [4.69, 9.17) is 9.98 Å². The van der Waals surface area contributed by atoms with Crippen LogP contribution in [-0.2, 0) is 0 Å². The summed E-state index contributed by atoms with van der Waals surface area (Å²) in [5.74, 6) is 0. The number of aromatic nitrogens is 2. The van der Waals surface area contributed by atoms with Gasteiger partial charge in [-0.05, 0) is 123 Å². The Labute approximate surface area is 235 Å². The normalized spacial score (nSPS) is 15.7. The number of aliphatic imine (C=N–C) groups is 2. The van der Waals surface area contributed by atoms with Gasteiger partial charge in [0.25, 0.3) is 0 Å². The molecule has 2 N–H and O–H groups in total. The highest BCUT2D eigenvalue weighted by Crippen LogP contribution is 2.38. The van der Waals surface area contributed by atoms with Crippen LogP contribution in [0, 0.1) is 41.5 Å². The molecule has 0 unspecified atom stereocenters. The maximum atomic E-state index is 5.19. The number of hydrogen-bond acceptors (Lipinski definition) is 2. The summed E-state index contributed by atoms with van der Waals surface area (Å²) in [5.41, 5.74) is 20.0. The highest BCUT2D eigenvalue weighted by atomic mass is 14.9. The van der Waals surface area contributed by atoms with Gasteiger partial charge in [-0.3, -0.25) is 0 Å². The Morgan fingerprint density at radius 3 is 1.18 bits per heavy atom. The van der Waals surface area contributed by atoms with Crippen molar-refractivity contribution in [1.29, 1.82) is 0 Å². The molecule has 40 heavy (non-hydrogen) atoms. The summed E-state index contributed by atoms with van der Waals surface area (Å²) in [5, 5.41) is 0. The first-order valence-electron chi connectivity index (χ1n) is 13.8. The summed E-state index contributed by atoms with van der Waals surface area (Å²) in [6.45, 7) is 13.1. The molecule has 8 bridgehead atoms. The fourth-order valence-electron chi connectivity index (χ4n) is 6.63. The average Bonchev–Trinajstić information content (AvgIpc) is 3.69. The van der Waals surface area contributed by atoms with Crippen molar-refractivity contribution < 1.29 is 0 Å². The minimum atomic E-state index is 0.929. The smallest absolute Gasteiger partial charge is 0.0872 e. The number of nitrogens with zero attached hydrogens (tertiary/aromatic N) is 2. The number of H-pyrrole nitrogens is 2. The van der Waals surface area contributed by atoms with Crippen LogP contribution in [0.3, 0.4) is 0 Å². The number of allylic oxidation sites excluding steroid dienone is 4. The van der Waals surface area contributed by atoms with Crippen LogP contribution < -0.4 is 0 Å². The quantitative estimate of drug-likeness (QED) is 0.268. The fourth-order valence-corrected chi connectivity index (χ4v) is 6.63. The third-order valence-electron chi connectivity index (χ3n) is 8.11. The van der Waals surface area contributed by atoms with E-state index >= 15 is 0 Å². The lowest BCUT2D eigenvalue weighted by Crippen LogP contribution is -2.02. The SMILES string of the molecule is Cc1cc(C)c(C2=C3C=CC(=N3)c3ccc([nH]3)C(c3c(C)cc(C)cc3C)=C3C=CC(=N3)c3ccc2[nH]3)c(C)c1. The van der Waals surface area contributed by atoms with E-state index in [1.54, 1.807) is 0 Å². The van der Waals surface area contributed by atoms with Gasteiger partial charge in [0.15, 0.2) is 0 Å². The molecule has 0 atom stereocenters. The van der Waals surface area contributed by atoms with E-state index in [0.29, 0.717) is 0 Å². The predicted octanol–water partition coefficient (Wildman–Crippen LogP) is 8.14.